The van der Waals surface area contributed by atoms with Crippen LogP contribution in [0.2, 0.25) is 0 Å². The number of fused-ring (bicyclic) bond motifs is 1. The number of methoxy groups -OCH3 is 1. The molecule has 2 aromatic rings. The lowest BCUT2D eigenvalue weighted by molar-refractivity contribution is -0.143. The van der Waals surface area contributed by atoms with Crippen molar-refractivity contribution in [2.75, 3.05) is 7.11 Å². The van der Waals surface area contributed by atoms with Gasteiger partial charge in [-0.15, -0.1) is 0 Å². The number of hydrogen-bond acceptors (Lipinski definition) is 5. The fourth-order valence-corrected chi connectivity index (χ4v) is 2.28. The molecule has 1 amide bonds. The third-order valence-corrected chi connectivity index (χ3v) is 3.38. The molecule has 6 nitrogen and oxygen atoms in total. The molecule has 0 fully saturated rings. The van der Waals surface area contributed by atoms with E-state index in [1.165, 1.54) is 13.2 Å². The van der Waals surface area contributed by atoms with Crippen molar-refractivity contribution < 1.29 is 18.7 Å². The Morgan fingerprint density at radius 2 is 1.96 bits per heavy atom. The van der Waals surface area contributed by atoms with Gasteiger partial charge in [-0.1, -0.05) is 32.0 Å². The smallest absolute Gasteiger partial charge is 0.349 e. The van der Waals surface area contributed by atoms with Crippen molar-refractivity contribution in [2.45, 2.75) is 26.3 Å². The maximum atomic E-state index is 12.3. The third-order valence-electron chi connectivity index (χ3n) is 3.38. The molecule has 0 spiro atoms. The first-order valence-electron chi connectivity index (χ1n) is 7.34. The van der Waals surface area contributed by atoms with Gasteiger partial charge in [-0.2, -0.15) is 0 Å². The number of benzene rings is 1. The van der Waals surface area contributed by atoms with Gasteiger partial charge in [-0.05, 0) is 24.5 Å². The van der Waals surface area contributed by atoms with E-state index in [9.17, 15) is 14.4 Å². The summed E-state index contributed by atoms with van der Waals surface area (Å²) < 4.78 is 9.83. The highest BCUT2D eigenvalue weighted by atomic mass is 16.5. The van der Waals surface area contributed by atoms with Crippen molar-refractivity contribution in [3.05, 3.63) is 46.3 Å². The topological polar surface area (TPSA) is 85.6 Å². The van der Waals surface area contributed by atoms with E-state index in [1.54, 1.807) is 24.3 Å². The SMILES string of the molecule is COC(=O)[C@@H](CC(C)C)NC(=O)c1cc2ccccc2oc1=O. The number of ether oxygens (including phenoxy) is 1. The highest BCUT2D eigenvalue weighted by Gasteiger charge is 2.24. The van der Waals surface area contributed by atoms with Crippen molar-refractivity contribution >= 4 is 22.8 Å². The number of nitrogens with one attached hydrogen (secondary N) is 1. The number of esters is 1. The van der Waals surface area contributed by atoms with Crippen molar-refractivity contribution in [3.8, 4) is 0 Å². The van der Waals surface area contributed by atoms with Crippen LogP contribution in [-0.2, 0) is 9.53 Å². The van der Waals surface area contributed by atoms with Crippen LogP contribution in [0.25, 0.3) is 11.0 Å². The Kier molecular flexibility index (Phi) is 5.16. The Morgan fingerprint density at radius 3 is 2.61 bits per heavy atom. The van der Waals surface area contributed by atoms with Crippen molar-refractivity contribution in [1.29, 1.82) is 0 Å². The molecule has 0 saturated heterocycles. The number of hydrogen-bond donors (Lipinski definition) is 1. The summed E-state index contributed by atoms with van der Waals surface area (Å²) in [4.78, 5) is 36.1. The van der Waals surface area contributed by atoms with Crippen LogP contribution in [0.1, 0.15) is 30.6 Å². The third kappa shape index (κ3) is 3.97. The van der Waals surface area contributed by atoms with E-state index in [0.717, 1.165) is 0 Å². The van der Waals surface area contributed by atoms with Crippen LogP contribution in [0, 0.1) is 5.92 Å². The van der Waals surface area contributed by atoms with E-state index in [0.29, 0.717) is 17.4 Å². The summed E-state index contributed by atoms with van der Waals surface area (Å²) in [6, 6.07) is 7.55. The average Bonchev–Trinajstić information content (AvgIpc) is 2.52. The van der Waals surface area contributed by atoms with Crippen LogP contribution >= 0.6 is 0 Å². The molecule has 1 atom stereocenters. The molecule has 1 heterocycles. The number of rotatable bonds is 5. The van der Waals surface area contributed by atoms with Gasteiger partial charge in [0.25, 0.3) is 5.91 Å². The Balaban J connectivity index is 2.30. The van der Waals surface area contributed by atoms with Gasteiger partial charge in [0.1, 0.15) is 17.2 Å². The lowest BCUT2D eigenvalue weighted by Gasteiger charge is -2.18. The Bertz CT molecular complexity index is 778. The molecule has 23 heavy (non-hydrogen) atoms. The van der Waals surface area contributed by atoms with Gasteiger partial charge < -0.3 is 14.5 Å². The van der Waals surface area contributed by atoms with Crippen molar-refractivity contribution in [3.63, 3.8) is 0 Å². The minimum absolute atomic E-state index is 0.138. The maximum Gasteiger partial charge on any atom is 0.349 e. The summed E-state index contributed by atoms with van der Waals surface area (Å²) in [6.07, 6.45) is 0.414. The van der Waals surface area contributed by atoms with E-state index < -0.39 is 23.5 Å². The summed E-state index contributed by atoms with van der Waals surface area (Å²) >= 11 is 0. The van der Waals surface area contributed by atoms with E-state index in [1.807, 2.05) is 13.8 Å². The van der Waals surface area contributed by atoms with Crippen molar-refractivity contribution in [2.24, 2.45) is 5.92 Å². The minimum Gasteiger partial charge on any atom is -0.467 e. The molecule has 0 radical (unpaired) electrons. The van der Waals surface area contributed by atoms with E-state index in [2.05, 4.69) is 5.32 Å². The highest BCUT2D eigenvalue weighted by Crippen LogP contribution is 2.13. The van der Waals surface area contributed by atoms with Gasteiger partial charge >= 0.3 is 11.6 Å². The number of carbonyl (C=O) groups excluding carboxylic acids is 2. The Labute approximate surface area is 133 Å². The van der Waals surface area contributed by atoms with E-state index >= 15 is 0 Å². The van der Waals surface area contributed by atoms with Crippen molar-refractivity contribution in [1.82, 2.24) is 5.32 Å². The molecule has 1 aromatic carbocycles. The van der Waals surface area contributed by atoms with Gasteiger partial charge in [-0.3, -0.25) is 4.79 Å². The average molecular weight is 317 g/mol. The van der Waals surface area contributed by atoms with Gasteiger partial charge in [0.2, 0.25) is 0 Å². The second-order valence-electron chi connectivity index (χ2n) is 5.66. The molecule has 0 aliphatic heterocycles. The molecule has 122 valence electrons. The quantitative estimate of drug-likeness (QED) is 0.674. The zero-order chi connectivity index (χ0) is 17.0. The first-order chi connectivity index (χ1) is 10.9. The van der Waals surface area contributed by atoms with E-state index in [-0.39, 0.29) is 11.5 Å². The van der Waals surface area contributed by atoms with Gasteiger partial charge in [0.05, 0.1) is 7.11 Å². The normalized spacial score (nSPS) is 12.2. The zero-order valence-corrected chi connectivity index (χ0v) is 13.3. The standard InChI is InChI=1S/C17H19NO5/c1-10(2)8-13(17(21)22-3)18-15(19)12-9-11-6-4-5-7-14(11)23-16(12)20/h4-7,9-10,13H,8H2,1-3H3,(H,18,19)/t13-/m1/s1. The maximum absolute atomic E-state index is 12.3. The summed E-state index contributed by atoms with van der Waals surface area (Å²) in [5.41, 5.74) is -0.475. The van der Waals surface area contributed by atoms with E-state index in [4.69, 9.17) is 9.15 Å². The summed E-state index contributed by atoms with van der Waals surface area (Å²) in [5, 5.41) is 3.18. The van der Waals surface area contributed by atoms with Gasteiger partial charge in [0, 0.05) is 5.39 Å². The lowest BCUT2D eigenvalue weighted by Crippen LogP contribution is -2.43. The van der Waals surface area contributed by atoms with Crippen LogP contribution < -0.4 is 10.9 Å². The number of carbonyl (C=O) groups is 2. The molecule has 1 N–H and O–H groups in total. The molecule has 2 rings (SSSR count). The Morgan fingerprint density at radius 1 is 1.26 bits per heavy atom. The molecule has 0 saturated carbocycles. The fraction of sp³-hybridized carbons (Fsp3) is 0.353. The molecule has 1 aromatic heterocycles. The monoisotopic (exact) mass is 317 g/mol. The summed E-state index contributed by atoms with van der Waals surface area (Å²) in [5.74, 6) is -1.02. The molecular weight excluding hydrogens is 298 g/mol. The predicted molar refractivity (Wildman–Crippen MR) is 85.2 cm³/mol. The molecular formula is C17H19NO5. The van der Waals surface area contributed by atoms with Crippen LogP contribution in [0.4, 0.5) is 0 Å². The van der Waals surface area contributed by atoms with Crippen LogP contribution in [-0.4, -0.2) is 25.0 Å². The molecule has 0 aliphatic carbocycles. The molecule has 0 aliphatic rings. The predicted octanol–water partition coefficient (Wildman–Crippen LogP) is 2.11. The van der Waals surface area contributed by atoms with Gasteiger partial charge in [-0.25, -0.2) is 9.59 Å². The fourth-order valence-electron chi connectivity index (χ4n) is 2.28. The minimum atomic E-state index is -0.807. The lowest BCUT2D eigenvalue weighted by atomic mass is 10.0. The second kappa shape index (κ2) is 7.09. The molecule has 0 bridgehead atoms. The van der Waals surface area contributed by atoms with Crippen LogP contribution in [0.5, 0.6) is 0 Å². The van der Waals surface area contributed by atoms with Gasteiger partial charge in [0.15, 0.2) is 0 Å². The van der Waals surface area contributed by atoms with Crippen LogP contribution in [0.3, 0.4) is 0 Å². The first kappa shape index (κ1) is 16.7. The highest BCUT2D eigenvalue weighted by molar-refractivity contribution is 5.98. The summed E-state index contributed by atoms with van der Waals surface area (Å²) in [7, 11) is 1.26. The Hall–Kier alpha value is -2.63. The summed E-state index contributed by atoms with van der Waals surface area (Å²) in [6.45, 7) is 3.85. The largest absolute Gasteiger partial charge is 0.467 e. The zero-order valence-electron chi connectivity index (χ0n) is 13.3. The second-order valence-corrected chi connectivity index (χ2v) is 5.66. The number of amides is 1. The first-order valence-corrected chi connectivity index (χ1v) is 7.34. The molecule has 0 unspecified atom stereocenters. The molecule has 6 heteroatoms. The van der Waals surface area contributed by atoms with Crippen LogP contribution in [0.15, 0.2) is 39.5 Å². The number of para-hydroxylation sites is 1.